The zero-order valence-electron chi connectivity index (χ0n) is 12.9. The van der Waals surface area contributed by atoms with E-state index < -0.39 is 0 Å². The molecule has 2 N–H and O–H groups in total. The van der Waals surface area contributed by atoms with Crippen LogP contribution in [0, 0.1) is 0 Å². The minimum absolute atomic E-state index is 0.140. The van der Waals surface area contributed by atoms with Crippen molar-refractivity contribution in [3.8, 4) is 0 Å². The Kier molecular flexibility index (Phi) is 3.39. The van der Waals surface area contributed by atoms with Crippen LogP contribution in [0.25, 0.3) is 10.9 Å². The third kappa shape index (κ3) is 2.32. The molecule has 0 fully saturated rings. The molecule has 0 saturated carbocycles. The van der Waals surface area contributed by atoms with E-state index in [2.05, 4.69) is 34.6 Å². The number of rotatable bonds is 2. The summed E-state index contributed by atoms with van der Waals surface area (Å²) in [6.07, 6.45) is 3.08. The molecule has 4 rings (SSSR count). The molecule has 0 radical (unpaired) electrons. The average Bonchev–Trinajstić information content (AvgIpc) is 3.03. The van der Waals surface area contributed by atoms with Gasteiger partial charge in [0, 0.05) is 23.6 Å². The van der Waals surface area contributed by atoms with Gasteiger partial charge in [0.2, 0.25) is 0 Å². The molecule has 0 saturated heterocycles. The van der Waals surface area contributed by atoms with Crippen LogP contribution < -0.4 is 5.32 Å². The van der Waals surface area contributed by atoms with Gasteiger partial charge in [0.1, 0.15) is 0 Å². The average molecular weight is 306 g/mol. The fourth-order valence-corrected chi connectivity index (χ4v) is 3.41. The highest BCUT2D eigenvalue weighted by Gasteiger charge is 2.23. The lowest BCUT2D eigenvalue weighted by Crippen LogP contribution is -2.30. The summed E-state index contributed by atoms with van der Waals surface area (Å²) < 4.78 is 4.84. The predicted molar refractivity (Wildman–Crippen MR) is 89.6 cm³/mol. The number of aromatic amines is 1. The normalized spacial score (nSPS) is 17.0. The number of hydrogen-bond donors (Lipinski definition) is 2. The molecular weight excluding hydrogens is 288 g/mol. The summed E-state index contributed by atoms with van der Waals surface area (Å²) >= 11 is 0. The standard InChI is InChI=1S/C19H18N2O2/c1-23-19(22)13-6-7-17-15(10-13)16(11-21-17)18-14-5-3-2-4-12(14)8-9-20-18/h2-7,10-11,18,20-21H,8-9H2,1H3. The largest absolute Gasteiger partial charge is 0.465 e. The highest BCUT2D eigenvalue weighted by Crippen LogP contribution is 2.33. The zero-order chi connectivity index (χ0) is 15.8. The number of carbonyl (C=O) groups is 1. The second-order valence-electron chi connectivity index (χ2n) is 5.83. The molecule has 1 aliphatic heterocycles. The summed E-state index contributed by atoms with van der Waals surface area (Å²) in [5, 5.41) is 4.65. The summed E-state index contributed by atoms with van der Waals surface area (Å²) in [5.41, 5.74) is 5.46. The predicted octanol–water partition coefficient (Wildman–Crippen LogP) is 3.19. The van der Waals surface area contributed by atoms with Gasteiger partial charge in [0.05, 0.1) is 18.7 Å². The second-order valence-corrected chi connectivity index (χ2v) is 5.83. The number of benzene rings is 2. The molecule has 1 aromatic heterocycles. The molecule has 1 atom stereocenters. The summed E-state index contributed by atoms with van der Waals surface area (Å²) in [6, 6.07) is 14.3. The molecule has 1 aliphatic rings. The van der Waals surface area contributed by atoms with Gasteiger partial charge in [-0.25, -0.2) is 4.79 Å². The van der Waals surface area contributed by atoms with E-state index in [1.807, 2.05) is 18.3 Å². The monoisotopic (exact) mass is 306 g/mol. The Morgan fingerprint density at radius 2 is 2.04 bits per heavy atom. The van der Waals surface area contributed by atoms with Crippen molar-refractivity contribution in [3.63, 3.8) is 0 Å². The molecule has 0 bridgehead atoms. The molecule has 0 aliphatic carbocycles. The van der Waals surface area contributed by atoms with Crippen LogP contribution in [0.4, 0.5) is 0 Å². The van der Waals surface area contributed by atoms with E-state index in [1.165, 1.54) is 18.2 Å². The Hall–Kier alpha value is -2.59. The van der Waals surface area contributed by atoms with Gasteiger partial charge in [0.25, 0.3) is 0 Å². The molecule has 3 aromatic rings. The fraction of sp³-hybridized carbons (Fsp3) is 0.211. The van der Waals surface area contributed by atoms with Crippen molar-refractivity contribution in [1.82, 2.24) is 10.3 Å². The molecule has 1 unspecified atom stereocenters. The number of aromatic nitrogens is 1. The van der Waals surface area contributed by atoms with Crippen molar-refractivity contribution in [3.05, 3.63) is 70.9 Å². The maximum absolute atomic E-state index is 11.8. The first-order valence-electron chi connectivity index (χ1n) is 7.78. The highest BCUT2D eigenvalue weighted by molar-refractivity contribution is 5.96. The first-order chi connectivity index (χ1) is 11.3. The Labute approximate surface area is 134 Å². The Balaban J connectivity index is 1.85. The summed E-state index contributed by atoms with van der Waals surface area (Å²) in [5.74, 6) is -0.309. The number of carbonyl (C=O) groups excluding carboxylic acids is 1. The molecule has 4 nitrogen and oxygen atoms in total. The molecule has 2 heterocycles. The van der Waals surface area contributed by atoms with E-state index in [1.54, 1.807) is 6.07 Å². The van der Waals surface area contributed by atoms with Crippen LogP contribution in [0.1, 0.15) is 33.1 Å². The lowest BCUT2D eigenvalue weighted by atomic mass is 9.89. The van der Waals surface area contributed by atoms with Crippen molar-refractivity contribution in [1.29, 1.82) is 0 Å². The summed E-state index contributed by atoms with van der Waals surface area (Å²) in [6.45, 7) is 0.949. The molecule has 116 valence electrons. The van der Waals surface area contributed by atoms with Gasteiger partial charge in [-0.2, -0.15) is 0 Å². The number of hydrogen-bond acceptors (Lipinski definition) is 3. The number of methoxy groups -OCH3 is 1. The van der Waals surface area contributed by atoms with Crippen LogP contribution in [0.3, 0.4) is 0 Å². The molecule has 4 heteroatoms. The lowest BCUT2D eigenvalue weighted by Gasteiger charge is -2.26. The molecular formula is C19H18N2O2. The van der Waals surface area contributed by atoms with Crippen molar-refractivity contribution in [2.45, 2.75) is 12.5 Å². The maximum atomic E-state index is 11.8. The van der Waals surface area contributed by atoms with Crippen molar-refractivity contribution in [2.24, 2.45) is 0 Å². The third-order valence-electron chi connectivity index (χ3n) is 4.55. The van der Waals surface area contributed by atoms with Gasteiger partial charge in [0.15, 0.2) is 0 Å². The van der Waals surface area contributed by atoms with Crippen molar-refractivity contribution in [2.75, 3.05) is 13.7 Å². The second kappa shape index (κ2) is 5.56. The van der Waals surface area contributed by atoms with Crippen LogP contribution >= 0.6 is 0 Å². The van der Waals surface area contributed by atoms with Crippen LogP contribution in [0.15, 0.2) is 48.7 Å². The molecule has 2 aromatic carbocycles. The Bertz CT molecular complexity index is 882. The van der Waals surface area contributed by atoms with Crippen LogP contribution in [0.2, 0.25) is 0 Å². The van der Waals surface area contributed by atoms with Gasteiger partial charge in [-0.05, 0) is 41.3 Å². The first kappa shape index (κ1) is 14.0. The number of fused-ring (bicyclic) bond motifs is 2. The smallest absolute Gasteiger partial charge is 0.337 e. The number of nitrogens with one attached hydrogen (secondary N) is 2. The van der Waals surface area contributed by atoms with E-state index in [4.69, 9.17) is 4.74 Å². The molecule has 0 amide bonds. The number of ether oxygens (including phenoxy) is 1. The van der Waals surface area contributed by atoms with Gasteiger partial charge in [-0.1, -0.05) is 24.3 Å². The van der Waals surface area contributed by atoms with E-state index in [-0.39, 0.29) is 12.0 Å². The fourth-order valence-electron chi connectivity index (χ4n) is 3.41. The first-order valence-corrected chi connectivity index (χ1v) is 7.78. The maximum Gasteiger partial charge on any atom is 0.337 e. The zero-order valence-corrected chi connectivity index (χ0v) is 12.9. The minimum Gasteiger partial charge on any atom is -0.465 e. The number of esters is 1. The summed E-state index contributed by atoms with van der Waals surface area (Å²) in [4.78, 5) is 15.1. The van der Waals surface area contributed by atoms with Crippen LogP contribution in [-0.4, -0.2) is 24.6 Å². The van der Waals surface area contributed by atoms with Gasteiger partial charge >= 0.3 is 5.97 Å². The quantitative estimate of drug-likeness (QED) is 0.715. The van der Waals surface area contributed by atoms with Gasteiger partial charge in [-0.3, -0.25) is 0 Å². The van der Waals surface area contributed by atoms with Crippen molar-refractivity contribution < 1.29 is 9.53 Å². The van der Waals surface area contributed by atoms with Gasteiger partial charge < -0.3 is 15.0 Å². The third-order valence-corrected chi connectivity index (χ3v) is 4.55. The summed E-state index contributed by atoms with van der Waals surface area (Å²) in [7, 11) is 1.41. The minimum atomic E-state index is -0.309. The van der Waals surface area contributed by atoms with Gasteiger partial charge in [-0.15, -0.1) is 0 Å². The van der Waals surface area contributed by atoms with Crippen LogP contribution in [-0.2, 0) is 11.2 Å². The van der Waals surface area contributed by atoms with Crippen molar-refractivity contribution >= 4 is 16.9 Å². The van der Waals surface area contributed by atoms with Crippen LogP contribution in [0.5, 0.6) is 0 Å². The Morgan fingerprint density at radius 3 is 2.91 bits per heavy atom. The number of H-pyrrole nitrogens is 1. The van der Waals surface area contributed by atoms with E-state index in [0.717, 1.165) is 29.4 Å². The highest BCUT2D eigenvalue weighted by atomic mass is 16.5. The van der Waals surface area contributed by atoms with E-state index in [9.17, 15) is 4.79 Å². The SMILES string of the molecule is COC(=O)c1ccc2[nH]cc(C3NCCc4ccccc43)c2c1. The lowest BCUT2D eigenvalue weighted by molar-refractivity contribution is 0.0601. The topological polar surface area (TPSA) is 54.1 Å². The van der Waals surface area contributed by atoms with E-state index >= 15 is 0 Å². The Morgan fingerprint density at radius 1 is 1.17 bits per heavy atom. The molecule has 0 spiro atoms. The van der Waals surface area contributed by atoms with E-state index in [0.29, 0.717) is 5.56 Å². The molecule has 23 heavy (non-hydrogen) atoms.